The zero-order chi connectivity index (χ0) is 19.0. The number of carbonyl (C=O) groups is 3. The minimum Gasteiger partial charge on any atom is -0.449 e. The number of esters is 1. The van der Waals surface area contributed by atoms with Gasteiger partial charge in [0.1, 0.15) is 0 Å². The fraction of sp³-hybridized carbons (Fsp3) is 0.263. The quantitative estimate of drug-likeness (QED) is 0.541. The lowest BCUT2D eigenvalue weighted by Crippen LogP contribution is -2.25. The van der Waals surface area contributed by atoms with Gasteiger partial charge in [-0.05, 0) is 39.3 Å². The van der Waals surface area contributed by atoms with Gasteiger partial charge in [0, 0.05) is 16.6 Å². The molecular weight excluding hydrogens is 334 g/mol. The van der Waals surface area contributed by atoms with E-state index in [1.807, 2.05) is 6.07 Å². The van der Waals surface area contributed by atoms with Crippen LogP contribution in [0.15, 0.2) is 24.3 Å². The molecule has 0 saturated heterocycles. The highest BCUT2D eigenvalue weighted by atomic mass is 16.5. The molecule has 0 radical (unpaired) electrons. The van der Waals surface area contributed by atoms with Crippen LogP contribution in [0.3, 0.4) is 0 Å². The molecule has 7 nitrogen and oxygen atoms in total. The van der Waals surface area contributed by atoms with E-state index in [9.17, 15) is 14.4 Å². The number of fused-ring (bicyclic) bond motifs is 1. The van der Waals surface area contributed by atoms with Crippen molar-refractivity contribution in [3.8, 4) is 0 Å². The molecule has 0 bridgehead atoms. The number of benzene rings is 1. The lowest BCUT2D eigenvalue weighted by atomic mass is 10.0. The minimum absolute atomic E-state index is 0.122. The van der Waals surface area contributed by atoms with Gasteiger partial charge in [-0.15, -0.1) is 0 Å². The molecule has 3 aromatic rings. The Morgan fingerprint density at radius 1 is 1.15 bits per heavy atom. The summed E-state index contributed by atoms with van der Waals surface area (Å²) in [4.78, 5) is 39.7. The standard InChI is InChI=1S/C19H19N3O4/c1-9-15(11(3)23)10(2)20-16(9)18(24)12(4)26-19(25)17-13-7-5-6-8-14(13)21-22-17/h5-8,12,20H,1-4H3,(H,21,22). The van der Waals surface area contributed by atoms with Crippen LogP contribution in [-0.2, 0) is 4.74 Å². The molecule has 2 N–H and O–H groups in total. The molecule has 134 valence electrons. The maximum atomic E-state index is 12.7. The summed E-state index contributed by atoms with van der Waals surface area (Å²) in [6, 6.07) is 7.16. The first kappa shape index (κ1) is 17.6. The average Bonchev–Trinajstić information content (AvgIpc) is 3.14. The van der Waals surface area contributed by atoms with Crippen molar-refractivity contribution >= 4 is 28.4 Å². The predicted molar refractivity (Wildman–Crippen MR) is 95.6 cm³/mol. The normalized spacial score (nSPS) is 12.2. The van der Waals surface area contributed by atoms with Crippen LogP contribution in [0.25, 0.3) is 10.9 Å². The van der Waals surface area contributed by atoms with Gasteiger partial charge in [0.25, 0.3) is 0 Å². The number of aryl methyl sites for hydroxylation is 1. The number of H-pyrrole nitrogens is 2. The first-order valence-electron chi connectivity index (χ1n) is 8.19. The number of aromatic nitrogens is 3. The highest BCUT2D eigenvalue weighted by Gasteiger charge is 2.27. The van der Waals surface area contributed by atoms with E-state index in [0.29, 0.717) is 27.7 Å². The molecule has 3 rings (SSSR count). The zero-order valence-corrected chi connectivity index (χ0v) is 15.0. The monoisotopic (exact) mass is 353 g/mol. The molecular formula is C19H19N3O4. The van der Waals surface area contributed by atoms with E-state index >= 15 is 0 Å². The second-order valence-electron chi connectivity index (χ2n) is 6.21. The van der Waals surface area contributed by atoms with Crippen molar-refractivity contribution < 1.29 is 19.1 Å². The number of aromatic amines is 2. The molecule has 0 fully saturated rings. The third-order valence-electron chi connectivity index (χ3n) is 4.35. The van der Waals surface area contributed by atoms with Crippen LogP contribution >= 0.6 is 0 Å². The number of nitrogens with one attached hydrogen (secondary N) is 2. The Labute approximate surface area is 149 Å². The lowest BCUT2D eigenvalue weighted by molar-refractivity contribution is 0.0313. The first-order valence-corrected chi connectivity index (χ1v) is 8.19. The molecule has 0 aliphatic heterocycles. The molecule has 0 aliphatic rings. The second kappa shape index (κ2) is 6.59. The second-order valence-corrected chi connectivity index (χ2v) is 6.21. The van der Waals surface area contributed by atoms with Gasteiger partial charge in [0.05, 0.1) is 11.2 Å². The molecule has 0 amide bonds. The van der Waals surface area contributed by atoms with Gasteiger partial charge in [-0.2, -0.15) is 5.10 Å². The van der Waals surface area contributed by atoms with Crippen LogP contribution in [0, 0.1) is 13.8 Å². The molecule has 0 aliphatic carbocycles. The Balaban J connectivity index is 1.83. The predicted octanol–water partition coefficient (Wildman–Crippen LogP) is 3.14. The number of ether oxygens (including phenoxy) is 1. The third-order valence-corrected chi connectivity index (χ3v) is 4.35. The molecule has 0 saturated carbocycles. The Kier molecular flexibility index (Phi) is 4.46. The number of hydrogen-bond acceptors (Lipinski definition) is 5. The van der Waals surface area contributed by atoms with E-state index in [2.05, 4.69) is 15.2 Å². The molecule has 1 atom stereocenters. The van der Waals surface area contributed by atoms with Crippen molar-refractivity contribution in [2.24, 2.45) is 0 Å². The first-order chi connectivity index (χ1) is 12.3. The fourth-order valence-electron chi connectivity index (χ4n) is 3.12. The molecule has 2 heterocycles. The topological polar surface area (TPSA) is 105 Å². The van der Waals surface area contributed by atoms with Gasteiger partial charge in [-0.3, -0.25) is 14.7 Å². The van der Waals surface area contributed by atoms with Gasteiger partial charge in [0.2, 0.25) is 5.78 Å². The molecule has 1 aromatic carbocycles. The van der Waals surface area contributed by atoms with Crippen LogP contribution in [0.1, 0.15) is 56.4 Å². The molecule has 1 unspecified atom stereocenters. The average molecular weight is 353 g/mol. The third kappa shape index (κ3) is 2.92. The summed E-state index contributed by atoms with van der Waals surface area (Å²) in [7, 11) is 0. The highest BCUT2D eigenvalue weighted by molar-refractivity contribution is 6.07. The van der Waals surface area contributed by atoms with Crippen LogP contribution in [-0.4, -0.2) is 38.8 Å². The number of para-hydroxylation sites is 1. The Bertz CT molecular complexity index is 1030. The van der Waals surface area contributed by atoms with Crippen molar-refractivity contribution in [2.45, 2.75) is 33.8 Å². The summed E-state index contributed by atoms with van der Waals surface area (Å²) >= 11 is 0. The number of carbonyl (C=O) groups excluding carboxylic acids is 3. The molecule has 2 aromatic heterocycles. The highest BCUT2D eigenvalue weighted by Crippen LogP contribution is 2.21. The van der Waals surface area contributed by atoms with E-state index in [0.717, 1.165) is 0 Å². The van der Waals surface area contributed by atoms with Gasteiger partial charge in [0.15, 0.2) is 17.6 Å². The Hall–Kier alpha value is -3.22. The fourth-order valence-corrected chi connectivity index (χ4v) is 3.12. The SMILES string of the molecule is CC(=O)c1c(C)[nH]c(C(=O)C(C)OC(=O)c2n[nH]c3ccccc23)c1C. The largest absolute Gasteiger partial charge is 0.449 e. The van der Waals surface area contributed by atoms with Crippen molar-refractivity contribution in [1.82, 2.24) is 15.2 Å². The van der Waals surface area contributed by atoms with E-state index < -0.39 is 17.9 Å². The summed E-state index contributed by atoms with van der Waals surface area (Å²) < 4.78 is 5.31. The van der Waals surface area contributed by atoms with Crippen molar-refractivity contribution in [1.29, 1.82) is 0 Å². The zero-order valence-electron chi connectivity index (χ0n) is 15.0. The van der Waals surface area contributed by atoms with Crippen LogP contribution in [0.5, 0.6) is 0 Å². The van der Waals surface area contributed by atoms with Crippen molar-refractivity contribution in [2.75, 3.05) is 0 Å². The van der Waals surface area contributed by atoms with E-state index in [-0.39, 0.29) is 17.2 Å². The summed E-state index contributed by atoms with van der Waals surface area (Å²) in [6.45, 7) is 6.37. The van der Waals surface area contributed by atoms with Crippen LogP contribution in [0.4, 0.5) is 0 Å². The number of nitrogens with zero attached hydrogens (tertiary/aromatic N) is 1. The maximum Gasteiger partial charge on any atom is 0.360 e. The molecule has 0 spiro atoms. The van der Waals surface area contributed by atoms with E-state index in [1.165, 1.54) is 13.8 Å². The summed E-state index contributed by atoms with van der Waals surface area (Å²) in [5.41, 5.74) is 2.79. The number of hydrogen-bond donors (Lipinski definition) is 2. The number of Topliss-reactive ketones (excluding diaryl/α,β-unsaturated/α-hetero) is 2. The van der Waals surface area contributed by atoms with E-state index in [1.54, 1.807) is 32.0 Å². The van der Waals surface area contributed by atoms with Crippen LogP contribution in [0.2, 0.25) is 0 Å². The smallest absolute Gasteiger partial charge is 0.360 e. The molecule has 7 heteroatoms. The maximum absolute atomic E-state index is 12.7. The summed E-state index contributed by atoms with van der Waals surface area (Å²) in [5.74, 6) is -1.20. The Morgan fingerprint density at radius 2 is 1.85 bits per heavy atom. The van der Waals surface area contributed by atoms with Gasteiger partial charge < -0.3 is 9.72 Å². The Morgan fingerprint density at radius 3 is 2.50 bits per heavy atom. The van der Waals surface area contributed by atoms with Gasteiger partial charge in [-0.25, -0.2) is 4.79 Å². The number of rotatable bonds is 5. The van der Waals surface area contributed by atoms with Gasteiger partial charge in [-0.1, -0.05) is 18.2 Å². The lowest BCUT2D eigenvalue weighted by Gasteiger charge is -2.11. The van der Waals surface area contributed by atoms with Crippen molar-refractivity contribution in [3.63, 3.8) is 0 Å². The molecule has 26 heavy (non-hydrogen) atoms. The van der Waals surface area contributed by atoms with E-state index in [4.69, 9.17) is 4.74 Å². The van der Waals surface area contributed by atoms with Gasteiger partial charge >= 0.3 is 5.97 Å². The van der Waals surface area contributed by atoms with Crippen LogP contribution < -0.4 is 0 Å². The number of ketones is 2. The summed E-state index contributed by atoms with van der Waals surface area (Å²) in [6.07, 6.45) is -1.02. The summed E-state index contributed by atoms with van der Waals surface area (Å²) in [5, 5.41) is 7.36. The van der Waals surface area contributed by atoms with Crippen molar-refractivity contribution in [3.05, 3.63) is 52.5 Å². The minimum atomic E-state index is -1.02.